The van der Waals surface area contributed by atoms with Gasteiger partial charge in [0, 0.05) is 18.7 Å². The number of rotatable bonds is 5. The molecule has 2 aliphatic rings. The predicted molar refractivity (Wildman–Crippen MR) is 100 cm³/mol. The zero-order valence-electron chi connectivity index (χ0n) is 13.5. The van der Waals surface area contributed by atoms with Crippen molar-refractivity contribution in [2.75, 3.05) is 18.0 Å². The topological polar surface area (TPSA) is 77.9 Å². The lowest BCUT2D eigenvalue weighted by molar-refractivity contribution is -0.137. The second-order valence-corrected chi connectivity index (χ2v) is 7.29. The maximum absolute atomic E-state index is 12.9. The molecule has 130 valence electrons. The number of anilines is 1. The van der Waals surface area contributed by atoms with Crippen LogP contribution in [0.4, 0.5) is 5.69 Å². The molecule has 6 nitrogen and oxygen atoms in total. The molecule has 0 atom stereocenters. The minimum Gasteiger partial charge on any atom is -0.481 e. The van der Waals surface area contributed by atoms with E-state index in [0.717, 1.165) is 29.4 Å². The Hall–Kier alpha value is -2.19. The number of thiocarbonyl (C=S) groups is 1. The molecule has 1 fully saturated rings. The van der Waals surface area contributed by atoms with E-state index in [9.17, 15) is 14.4 Å². The predicted octanol–water partition coefficient (Wildman–Crippen LogP) is 2.49. The lowest BCUT2D eigenvalue weighted by atomic mass is 10.1. The fourth-order valence-electron chi connectivity index (χ4n) is 2.89. The Morgan fingerprint density at radius 1 is 1.16 bits per heavy atom. The largest absolute Gasteiger partial charge is 0.481 e. The quantitative estimate of drug-likeness (QED) is 0.628. The summed E-state index contributed by atoms with van der Waals surface area (Å²) in [6.07, 6.45) is 0.606. The van der Waals surface area contributed by atoms with Gasteiger partial charge in [0.25, 0.3) is 11.8 Å². The summed E-state index contributed by atoms with van der Waals surface area (Å²) in [4.78, 5) is 39.6. The molecule has 25 heavy (non-hydrogen) atoms. The minimum atomic E-state index is -1.00. The first-order valence-corrected chi connectivity index (χ1v) is 9.09. The van der Waals surface area contributed by atoms with Gasteiger partial charge in [-0.1, -0.05) is 49.1 Å². The van der Waals surface area contributed by atoms with Crippen molar-refractivity contribution in [3.63, 3.8) is 0 Å². The van der Waals surface area contributed by atoms with Gasteiger partial charge in [0.05, 0.1) is 22.6 Å². The minimum absolute atomic E-state index is 0.00525. The number of benzene rings is 1. The summed E-state index contributed by atoms with van der Waals surface area (Å²) in [5.41, 5.74) is 1.87. The molecule has 2 heterocycles. The molecule has 2 aliphatic heterocycles. The van der Waals surface area contributed by atoms with Gasteiger partial charge >= 0.3 is 5.97 Å². The maximum Gasteiger partial charge on any atom is 0.305 e. The molecule has 0 radical (unpaired) electrons. The van der Waals surface area contributed by atoms with E-state index in [1.807, 2.05) is 31.2 Å². The van der Waals surface area contributed by atoms with E-state index in [1.54, 1.807) is 4.90 Å². The van der Waals surface area contributed by atoms with Crippen LogP contribution in [0.3, 0.4) is 0 Å². The van der Waals surface area contributed by atoms with E-state index in [-0.39, 0.29) is 28.1 Å². The molecular weight excluding hydrogens is 360 g/mol. The van der Waals surface area contributed by atoms with Gasteiger partial charge < -0.3 is 10.0 Å². The summed E-state index contributed by atoms with van der Waals surface area (Å²) >= 11 is 6.28. The molecule has 0 unspecified atom stereocenters. The Morgan fingerprint density at radius 3 is 2.56 bits per heavy atom. The highest BCUT2D eigenvalue weighted by atomic mass is 32.2. The highest BCUT2D eigenvalue weighted by Gasteiger charge is 2.41. The normalized spacial score (nSPS) is 19.8. The number of aliphatic carboxylic acids is 1. The van der Waals surface area contributed by atoms with Gasteiger partial charge in [-0.25, -0.2) is 0 Å². The van der Waals surface area contributed by atoms with Gasteiger partial charge in [0.1, 0.15) is 4.32 Å². The Labute approximate surface area is 154 Å². The lowest BCUT2D eigenvalue weighted by Crippen LogP contribution is -2.31. The van der Waals surface area contributed by atoms with Crippen LogP contribution in [-0.4, -0.2) is 45.2 Å². The number of carboxylic acid groups (broad SMARTS) is 1. The van der Waals surface area contributed by atoms with Crippen molar-refractivity contribution in [1.82, 2.24) is 4.90 Å². The molecule has 0 bridgehead atoms. The zero-order chi connectivity index (χ0) is 18.1. The van der Waals surface area contributed by atoms with E-state index in [0.29, 0.717) is 12.1 Å². The van der Waals surface area contributed by atoms with E-state index < -0.39 is 11.9 Å². The third-order valence-electron chi connectivity index (χ3n) is 4.00. The molecule has 3 rings (SSSR count). The summed E-state index contributed by atoms with van der Waals surface area (Å²) in [5.74, 6) is -1.60. The van der Waals surface area contributed by atoms with Crippen LogP contribution in [0.2, 0.25) is 0 Å². The number of fused-ring (bicyclic) bond motifs is 1. The first-order valence-electron chi connectivity index (χ1n) is 7.86. The molecule has 1 aromatic carbocycles. The summed E-state index contributed by atoms with van der Waals surface area (Å²) in [7, 11) is 0. The number of thioether (sulfide) groups is 1. The standard InChI is InChI=1S/C17H16N2O4S2/c1-2-8-18-11-6-4-3-5-10(11)13(15(18)22)14-16(23)19(17(24)25-14)9-7-12(20)21/h3-6H,2,7-9H2,1H3,(H,20,21)/b14-13-. The second-order valence-electron chi connectivity index (χ2n) is 5.65. The summed E-state index contributed by atoms with van der Waals surface area (Å²) < 4.78 is 0.285. The van der Waals surface area contributed by atoms with E-state index in [1.165, 1.54) is 4.90 Å². The summed E-state index contributed by atoms with van der Waals surface area (Å²) in [5, 5.41) is 8.83. The molecule has 0 aliphatic carbocycles. The fraction of sp³-hybridized carbons (Fsp3) is 0.294. The number of amides is 2. The van der Waals surface area contributed by atoms with Crippen molar-refractivity contribution < 1.29 is 19.5 Å². The average Bonchev–Trinajstić information content (AvgIpc) is 3.00. The van der Waals surface area contributed by atoms with Crippen LogP contribution in [0.1, 0.15) is 25.3 Å². The highest BCUT2D eigenvalue weighted by Crippen LogP contribution is 2.44. The molecule has 1 N–H and O–H groups in total. The summed E-state index contributed by atoms with van der Waals surface area (Å²) in [6.45, 7) is 2.56. The number of para-hydroxylation sites is 1. The van der Waals surface area contributed by atoms with Crippen LogP contribution < -0.4 is 4.90 Å². The van der Waals surface area contributed by atoms with Crippen molar-refractivity contribution in [2.45, 2.75) is 19.8 Å². The number of hydrogen-bond donors (Lipinski definition) is 1. The first kappa shape index (κ1) is 17.6. The van der Waals surface area contributed by atoms with E-state index in [4.69, 9.17) is 17.3 Å². The van der Waals surface area contributed by atoms with Gasteiger partial charge in [-0.05, 0) is 12.5 Å². The molecular formula is C17H16N2O4S2. The Balaban J connectivity index is 2.02. The van der Waals surface area contributed by atoms with Crippen LogP contribution in [0.15, 0.2) is 29.2 Å². The van der Waals surface area contributed by atoms with Crippen LogP contribution in [-0.2, 0) is 14.4 Å². The Kier molecular flexibility index (Phi) is 4.91. The van der Waals surface area contributed by atoms with E-state index >= 15 is 0 Å². The third kappa shape index (κ3) is 3.07. The molecule has 0 saturated carbocycles. The van der Waals surface area contributed by atoms with Crippen molar-refractivity contribution >= 4 is 57.3 Å². The third-order valence-corrected chi connectivity index (χ3v) is 5.44. The van der Waals surface area contributed by atoms with Gasteiger partial charge in [-0.3, -0.25) is 19.3 Å². The second kappa shape index (κ2) is 6.97. The average molecular weight is 376 g/mol. The fourth-order valence-corrected chi connectivity index (χ4v) is 4.27. The van der Waals surface area contributed by atoms with Gasteiger partial charge in [0.2, 0.25) is 0 Å². The van der Waals surface area contributed by atoms with Gasteiger partial charge in [-0.2, -0.15) is 0 Å². The first-order chi connectivity index (χ1) is 12.0. The van der Waals surface area contributed by atoms with Crippen molar-refractivity contribution in [2.24, 2.45) is 0 Å². The Morgan fingerprint density at radius 2 is 1.88 bits per heavy atom. The number of hydrogen-bond acceptors (Lipinski definition) is 5. The SMILES string of the molecule is CCCN1C(=O)/C(=C2\SC(=S)N(CCC(=O)O)C2=O)c2ccccc21. The van der Waals surface area contributed by atoms with Gasteiger partial charge in [0.15, 0.2) is 0 Å². The molecule has 0 spiro atoms. The van der Waals surface area contributed by atoms with Crippen LogP contribution >= 0.6 is 24.0 Å². The van der Waals surface area contributed by atoms with Crippen molar-refractivity contribution in [3.05, 3.63) is 34.7 Å². The van der Waals surface area contributed by atoms with Crippen LogP contribution in [0, 0.1) is 0 Å². The van der Waals surface area contributed by atoms with Crippen LogP contribution in [0.5, 0.6) is 0 Å². The van der Waals surface area contributed by atoms with Gasteiger partial charge in [-0.15, -0.1) is 0 Å². The number of nitrogens with zero attached hydrogens (tertiary/aromatic N) is 2. The molecule has 0 aromatic heterocycles. The van der Waals surface area contributed by atoms with Crippen LogP contribution in [0.25, 0.3) is 5.57 Å². The molecule has 1 aromatic rings. The molecule has 1 saturated heterocycles. The van der Waals surface area contributed by atoms with E-state index in [2.05, 4.69) is 0 Å². The maximum atomic E-state index is 12.9. The smallest absolute Gasteiger partial charge is 0.305 e. The Bertz CT molecular complexity index is 819. The number of carboxylic acids is 1. The van der Waals surface area contributed by atoms with Crippen molar-refractivity contribution in [3.8, 4) is 0 Å². The number of carbonyl (C=O) groups excluding carboxylic acids is 2. The monoisotopic (exact) mass is 376 g/mol. The highest BCUT2D eigenvalue weighted by molar-refractivity contribution is 8.26. The number of carbonyl (C=O) groups is 3. The molecule has 2 amide bonds. The zero-order valence-corrected chi connectivity index (χ0v) is 15.2. The lowest BCUT2D eigenvalue weighted by Gasteiger charge is -2.15. The molecule has 8 heteroatoms. The van der Waals surface area contributed by atoms with Crippen molar-refractivity contribution in [1.29, 1.82) is 0 Å². The summed E-state index contributed by atoms with van der Waals surface area (Å²) in [6, 6.07) is 7.37.